The molecule has 16 heavy (non-hydrogen) atoms. The Balaban J connectivity index is 2.20. The molecule has 1 amide bonds. The molecule has 1 aliphatic rings. The molecule has 1 rings (SSSR count). The summed E-state index contributed by atoms with van der Waals surface area (Å²) in [6.07, 6.45) is 0.950. The van der Waals surface area contributed by atoms with Crippen LogP contribution in [0.4, 0.5) is 0 Å². The fourth-order valence-electron chi connectivity index (χ4n) is 1.81. The summed E-state index contributed by atoms with van der Waals surface area (Å²) >= 11 is 0. The summed E-state index contributed by atoms with van der Waals surface area (Å²) in [5.41, 5.74) is 0. The van der Waals surface area contributed by atoms with E-state index in [9.17, 15) is 4.79 Å². The largest absolute Gasteiger partial charge is 0.396 e. The number of hydrogen-bond donors (Lipinski definition) is 2. The molecule has 0 aromatic heterocycles. The zero-order valence-corrected chi connectivity index (χ0v) is 10.2. The summed E-state index contributed by atoms with van der Waals surface area (Å²) in [4.78, 5) is 15.7. The van der Waals surface area contributed by atoms with Crippen molar-refractivity contribution in [3.63, 3.8) is 0 Å². The van der Waals surface area contributed by atoms with Gasteiger partial charge in [0.05, 0.1) is 20.1 Å². The van der Waals surface area contributed by atoms with Crippen LogP contribution in [0.5, 0.6) is 0 Å². The summed E-state index contributed by atoms with van der Waals surface area (Å²) in [5.74, 6) is 1.17. The minimum atomic E-state index is 0.0226. The third-order valence-electron chi connectivity index (χ3n) is 3.20. The molecular formula is C11H22N3O2+. The van der Waals surface area contributed by atoms with Gasteiger partial charge in [-0.05, 0) is 6.42 Å². The van der Waals surface area contributed by atoms with Gasteiger partial charge in [0.2, 0.25) is 5.91 Å². The lowest BCUT2D eigenvalue weighted by molar-refractivity contribution is -0.813. The van der Waals surface area contributed by atoms with Crippen molar-refractivity contribution in [1.29, 1.82) is 0 Å². The second kappa shape index (κ2) is 5.96. The van der Waals surface area contributed by atoms with E-state index in [1.165, 1.54) is 0 Å². The number of carbonyl (C=O) groups is 1. The first-order valence-electron chi connectivity index (χ1n) is 5.82. The standard InChI is InChI=1S/C11H21N3O2/c1-10-12-5-7-14(10,2)8-6-13-11(16)4-3-9-15/h15H,3-9H2,1-2H3/p+1. The molecule has 5 nitrogen and oxygen atoms in total. The van der Waals surface area contributed by atoms with E-state index < -0.39 is 0 Å². The normalized spacial score (nSPS) is 24.3. The molecule has 0 aliphatic carbocycles. The predicted molar refractivity (Wildman–Crippen MR) is 63.2 cm³/mol. The third-order valence-corrected chi connectivity index (χ3v) is 3.20. The maximum Gasteiger partial charge on any atom is 0.220 e. The van der Waals surface area contributed by atoms with E-state index in [4.69, 9.17) is 5.11 Å². The van der Waals surface area contributed by atoms with E-state index in [1.807, 2.05) is 6.92 Å². The molecule has 1 aliphatic heterocycles. The lowest BCUT2D eigenvalue weighted by atomic mass is 10.3. The number of nitrogens with zero attached hydrogens (tertiary/aromatic N) is 2. The number of aliphatic hydroxyl groups excluding tert-OH is 1. The molecule has 0 spiro atoms. The Labute approximate surface area is 96.8 Å². The average molecular weight is 228 g/mol. The number of likely N-dealkylation sites (N-methyl/N-ethyl adjacent to an activating group) is 1. The molecule has 5 heteroatoms. The molecule has 1 atom stereocenters. The number of hydrogen-bond acceptors (Lipinski definition) is 3. The quantitative estimate of drug-likeness (QED) is 0.616. The van der Waals surface area contributed by atoms with Gasteiger partial charge in [0.1, 0.15) is 13.1 Å². The Bertz CT molecular complexity index is 278. The van der Waals surface area contributed by atoms with Crippen molar-refractivity contribution in [1.82, 2.24) is 5.32 Å². The number of nitrogens with one attached hydrogen (secondary N) is 1. The van der Waals surface area contributed by atoms with Crippen LogP contribution in [-0.2, 0) is 4.79 Å². The molecule has 1 unspecified atom stereocenters. The van der Waals surface area contributed by atoms with Gasteiger partial charge in [-0.2, -0.15) is 0 Å². The van der Waals surface area contributed by atoms with Gasteiger partial charge in [0, 0.05) is 20.0 Å². The Morgan fingerprint density at radius 3 is 2.94 bits per heavy atom. The zero-order valence-electron chi connectivity index (χ0n) is 10.2. The number of amides is 1. The van der Waals surface area contributed by atoms with Crippen molar-refractivity contribution in [2.45, 2.75) is 19.8 Å². The zero-order chi connectivity index (χ0) is 12.0. The van der Waals surface area contributed by atoms with Gasteiger partial charge < -0.3 is 10.4 Å². The molecule has 0 aromatic carbocycles. The first-order chi connectivity index (χ1) is 7.58. The number of carbonyl (C=O) groups excluding carboxylic acids is 1. The highest BCUT2D eigenvalue weighted by Gasteiger charge is 2.29. The molecule has 92 valence electrons. The van der Waals surface area contributed by atoms with Crippen LogP contribution in [0.3, 0.4) is 0 Å². The molecule has 0 saturated heterocycles. The fourth-order valence-corrected chi connectivity index (χ4v) is 1.81. The highest BCUT2D eigenvalue weighted by atomic mass is 16.3. The first-order valence-corrected chi connectivity index (χ1v) is 5.82. The van der Waals surface area contributed by atoms with Crippen molar-refractivity contribution >= 4 is 11.7 Å². The summed E-state index contributed by atoms with van der Waals surface area (Å²) < 4.78 is 0.834. The molecular weight excluding hydrogens is 206 g/mol. The van der Waals surface area contributed by atoms with Crippen LogP contribution in [0.15, 0.2) is 4.99 Å². The molecule has 2 N–H and O–H groups in total. The van der Waals surface area contributed by atoms with Crippen molar-refractivity contribution < 1.29 is 14.4 Å². The summed E-state index contributed by atoms with van der Waals surface area (Å²) in [6.45, 7) is 5.60. The van der Waals surface area contributed by atoms with E-state index in [1.54, 1.807) is 0 Å². The molecule has 0 saturated carbocycles. The van der Waals surface area contributed by atoms with E-state index >= 15 is 0 Å². The topological polar surface area (TPSA) is 61.7 Å². The number of amidine groups is 1. The van der Waals surface area contributed by atoms with E-state index in [0.29, 0.717) is 19.4 Å². The van der Waals surface area contributed by atoms with E-state index in [0.717, 1.165) is 30.0 Å². The van der Waals surface area contributed by atoms with Gasteiger partial charge in [-0.25, -0.2) is 4.99 Å². The van der Waals surface area contributed by atoms with Crippen LogP contribution in [0.1, 0.15) is 19.8 Å². The third kappa shape index (κ3) is 3.57. The maximum absolute atomic E-state index is 11.3. The lowest BCUT2D eigenvalue weighted by Crippen LogP contribution is -2.50. The number of aliphatic hydroxyl groups is 1. The van der Waals surface area contributed by atoms with Crippen molar-refractivity contribution in [2.24, 2.45) is 4.99 Å². The van der Waals surface area contributed by atoms with Crippen molar-refractivity contribution in [3.05, 3.63) is 0 Å². The van der Waals surface area contributed by atoms with Crippen molar-refractivity contribution in [3.8, 4) is 0 Å². The van der Waals surface area contributed by atoms with Crippen LogP contribution < -0.4 is 5.32 Å². The Morgan fingerprint density at radius 1 is 1.62 bits per heavy atom. The van der Waals surface area contributed by atoms with Crippen LogP contribution in [0, 0.1) is 0 Å². The van der Waals surface area contributed by atoms with Gasteiger partial charge in [-0.15, -0.1) is 0 Å². The molecule has 0 fully saturated rings. The predicted octanol–water partition coefficient (Wildman–Crippen LogP) is -0.246. The Kier molecular flexibility index (Phi) is 4.89. The second-order valence-corrected chi connectivity index (χ2v) is 4.45. The monoisotopic (exact) mass is 228 g/mol. The smallest absolute Gasteiger partial charge is 0.220 e. The summed E-state index contributed by atoms with van der Waals surface area (Å²) in [7, 11) is 2.14. The molecule has 1 heterocycles. The van der Waals surface area contributed by atoms with Crippen molar-refractivity contribution in [2.75, 3.05) is 39.8 Å². The van der Waals surface area contributed by atoms with Crippen LogP contribution >= 0.6 is 0 Å². The van der Waals surface area contributed by atoms with E-state index in [-0.39, 0.29) is 12.5 Å². The van der Waals surface area contributed by atoms with Gasteiger partial charge >= 0.3 is 0 Å². The average Bonchev–Trinajstić information content (AvgIpc) is 2.57. The SMILES string of the molecule is CC1=NCC[N+]1(C)CCNC(=O)CCCO. The van der Waals surface area contributed by atoms with E-state index in [2.05, 4.69) is 17.4 Å². The van der Waals surface area contributed by atoms with Gasteiger partial charge in [-0.1, -0.05) is 0 Å². The minimum Gasteiger partial charge on any atom is -0.396 e. The fraction of sp³-hybridized carbons (Fsp3) is 0.818. The second-order valence-electron chi connectivity index (χ2n) is 4.45. The van der Waals surface area contributed by atoms with Crippen LogP contribution in [0.2, 0.25) is 0 Å². The summed E-state index contributed by atoms with van der Waals surface area (Å²) in [6, 6.07) is 0. The number of aliphatic imine (C=N–C) groups is 1. The first kappa shape index (κ1) is 13.1. The minimum absolute atomic E-state index is 0.0226. The number of rotatable bonds is 6. The van der Waals surface area contributed by atoms with Gasteiger partial charge in [0.25, 0.3) is 0 Å². The highest BCUT2D eigenvalue weighted by Crippen LogP contribution is 2.10. The summed E-state index contributed by atoms with van der Waals surface area (Å²) in [5, 5.41) is 11.5. The lowest BCUT2D eigenvalue weighted by Gasteiger charge is -2.28. The van der Waals surface area contributed by atoms with Gasteiger partial charge in [0.15, 0.2) is 5.84 Å². The van der Waals surface area contributed by atoms with Crippen LogP contribution in [-0.4, -0.2) is 61.2 Å². The molecule has 0 aromatic rings. The highest BCUT2D eigenvalue weighted by molar-refractivity contribution is 5.76. The van der Waals surface area contributed by atoms with Gasteiger partial charge in [-0.3, -0.25) is 9.28 Å². The Morgan fingerprint density at radius 2 is 2.38 bits per heavy atom. The Hall–Kier alpha value is -0.940. The molecule has 0 radical (unpaired) electrons. The van der Waals surface area contributed by atoms with Crippen LogP contribution in [0.25, 0.3) is 0 Å². The number of quaternary nitrogens is 1. The molecule has 0 bridgehead atoms. The maximum atomic E-state index is 11.3.